The summed E-state index contributed by atoms with van der Waals surface area (Å²) in [6.45, 7) is 9.95. The van der Waals surface area contributed by atoms with Gasteiger partial charge in [0.15, 0.2) is 11.9 Å². The minimum atomic E-state index is -1.69. The summed E-state index contributed by atoms with van der Waals surface area (Å²) in [5, 5.41) is 10.1. The van der Waals surface area contributed by atoms with Gasteiger partial charge in [0.1, 0.15) is 24.9 Å². The molecule has 0 aliphatic rings. The third-order valence-corrected chi connectivity index (χ3v) is 7.01. The Kier molecular flexibility index (Phi) is 6.92. The highest BCUT2D eigenvalue weighted by molar-refractivity contribution is 6.87. The fraction of sp³-hybridized carbons (Fsp3) is 0.381. The Morgan fingerprint density at radius 2 is 1.81 bits per heavy atom. The van der Waals surface area contributed by atoms with Crippen LogP contribution in [0.5, 0.6) is 17.4 Å². The number of nitrogens with zero attached hydrogens (tertiary/aromatic N) is 3. The minimum Gasteiger partial charge on any atom is -0.477 e. The molecule has 0 amide bonds. The number of carbonyl (C=O) groups is 1. The average Bonchev–Trinajstić information content (AvgIpc) is 3.29. The molecule has 0 fully saturated rings. The number of benzene rings is 1. The summed E-state index contributed by atoms with van der Waals surface area (Å²) >= 11 is 12.6. The Morgan fingerprint density at radius 3 is 2.41 bits per heavy atom. The van der Waals surface area contributed by atoms with Crippen molar-refractivity contribution in [2.75, 3.05) is 7.11 Å². The van der Waals surface area contributed by atoms with Gasteiger partial charge in [-0.1, -0.05) is 48.0 Å². The zero-order valence-corrected chi connectivity index (χ0v) is 21.5. The van der Waals surface area contributed by atoms with E-state index in [9.17, 15) is 4.79 Å². The topological polar surface area (TPSA) is 88.6 Å². The molecule has 8 nitrogen and oxygen atoms in total. The van der Waals surface area contributed by atoms with Crippen molar-refractivity contribution in [3.8, 4) is 28.6 Å². The molecule has 2 heterocycles. The molecule has 3 aromatic rings. The molecule has 0 unspecified atom stereocenters. The molecule has 0 N–H and O–H groups in total. The van der Waals surface area contributed by atoms with Crippen LogP contribution in [-0.4, -0.2) is 42.2 Å². The molecule has 0 saturated heterocycles. The van der Waals surface area contributed by atoms with Crippen LogP contribution in [0.3, 0.4) is 0 Å². The number of halogens is 2. The molecule has 0 aliphatic carbocycles. The van der Waals surface area contributed by atoms with Gasteiger partial charge in [-0.05, 0) is 19.9 Å². The van der Waals surface area contributed by atoms with Crippen LogP contribution in [0, 0.1) is 6.92 Å². The van der Waals surface area contributed by atoms with E-state index >= 15 is 0 Å². The number of esters is 1. The van der Waals surface area contributed by atoms with Gasteiger partial charge in [-0.2, -0.15) is 5.10 Å². The van der Waals surface area contributed by atoms with Gasteiger partial charge in [0.25, 0.3) is 0 Å². The van der Waals surface area contributed by atoms with E-state index < -0.39 is 20.1 Å². The van der Waals surface area contributed by atoms with Crippen molar-refractivity contribution in [2.45, 2.75) is 39.6 Å². The zero-order chi connectivity index (χ0) is 23.8. The van der Waals surface area contributed by atoms with Crippen molar-refractivity contribution in [3.63, 3.8) is 0 Å². The quantitative estimate of drug-likeness (QED) is 0.336. The van der Waals surface area contributed by atoms with Gasteiger partial charge in [0.2, 0.25) is 5.88 Å². The zero-order valence-electron chi connectivity index (χ0n) is 18.9. The lowest BCUT2D eigenvalue weighted by Gasteiger charge is -2.16. The molecule has 0 radical (unpaired) electrons. The first kappa shape index (κ1) is 24.2. The fourth-order valence-corrected chi connectivity index (χ4v) is 4.34. The number of methoxy groups -OCH3 is 1. The molecular weight excluding hydrogens is 473 g/mol. The lowest BCUT2D eigenvalue weighted by atomic mass is 10.2. The minimum absolute atomic E-state index is 0.229. The average molecular weight is 498 g/mol. The molecule has 11 heteroatoms. The highest BCUT2D eigenvalue weighted by Crippen LogP contribution is 2.41. The summed E-state index contributed by atoms with van der Waals surface area (Å²) in [5.41, 5.74) is 2.04. The molecule has 2 aromatic heterocycles. The van der Waals surface area contributed by atoms with E-state index in [1.54, 1.807) is 18.7 Å². The van der Waals surface area contributed by atoms with E-state index in [2.05, 4.69) is 29.9 Å². The van der Waals surface area contributed by atoms with Crippen LogP contribution in [0.1, 0.15) is 12.6 Å². The van der Waals surface area contributed by atoms with Crippen molar-refractivity contribution in [1.29, 1.82) is 0 Å². The van der Waals surface area contributed by atoms with E-state index in [-0.39, 0.29) is 21.5 Å². The number of rotatable bonds is 7. The standard InChI is InChI=1S/C21H25Cl2N3O5Si/c1-11-19(15-9-18(31-25-15)32(5,6)7)20(26(3)24-11)30-17-10-16(13(22)8-14(17)23)29-12(2)21(27)28-4/h8-10,12H,1-7H3/t12-/m0/s1. The second-order valence-electron chi connectivity index (χ2n) is 8.31. The maximum absolute atomic E-state index is 11.7. The highest BCUT2D eigenvalue weighted by atomic mass is 35.5. The molecular formula is C21H25Cl2N3O5Si. The van der Waals surface area contributed by atoms with Crippen LogP contribution in [-0.2, 0) is 16.6 Å². The predicted octanol–water partition coefficient (Wildman–Crippen LogP) is 4.97. The number of carbonyl (C=O) groups excluding carboxylic acids is 1. The third kappa shape index (κ3) is 4.95. The largest absolute Gasteiger partial charge is 0.477 e. The fourth-order valence-electron chi connectivity index (χ4n) is 2.98. The van der Waals surface area contributed by atoms with E-state index in [0.29, 0.717) is 17.1 Å². The van der Waals surface area contributed by atoms with Crippen LogP contribution < -0.4 is 14.9 Å². The number of aryl methyl sites for hydroxylation is 2. The Bertz CT molecular complexity index is 1150. The Labute approximate surface area is 197 Å². The first-order chi connectivity index (χ1) is 14.9. The maximum atomic E-state index is 11.7. The molecule has 3 rings (SSSR count). The van der Waals surface area contributed by atoms with Gasteiger partial charge in [-0.3, -0.25) is 0 Å². The van der Waals surface area contributed by atoms with Crippen LogP contribution >= 0.6 is 23.2 Å². The summed E-state index contributed by atoms with van der Waals surface area (Å²) in [6, 6.07) is 4.94. The number of aromatic nitrogens is 3. The van der Waals surface area contributed by atoms with Crippen molar-refractivity contribution >= 4 is 42.6 Å². The Morgan fingerprint density at radius 1 is 1.16 bits per heavy atom. The SMILES string of the molecule is COC(=O)[C@H](C)Oc1cc(Oc2c(-c3cc([Si](C)(C)C)on3)c(C)nn2C)c(Cl)cc1Cl. The Balaban J connectivity index is 2.00. The smallest absolute Gasteiger partial charge is 0.346 e. The van der Waals surface area contributed by atoms with Gasteiger partial charge in [0.05, 0.1) is 28.4 Å². The molecule has 1 atom stereocenters. The second-order valence-corrected chi connectivity index (χ2v) is 14.1. The molecule has 0 saturated carbocycles. The lowest BCUT2D eigenvalue weighted by Crippen LogP contribution is -2.36. The van der Waals surface area contributed by atoms with Gasteiger partial charge in [0, 0.05) is 19.2 Å². The number of ether oxygens (including phenoxy) is 3. The molecule has 0 aliphatic heterocycles. The van der Waals surface area contributed by atoms with Crippen LogP contribution in [0.2, 0.25) is 29.7 Å². The normalized spacial score (nSPS) is 12.5. The highest BCUT2D eigenvalue weighted by Gasteiger charge is 2.27. The third-order valence-electron chi connectivity index (χ3n) is 4.70. The molecule has 32 heavy (non-hydrogen) atoms. The summed E-state index contributed by atoms with van der Waals surface area (Å²) in [5.74, 6) is 0.398. The Hall–Kier alpha value is -2.49. The summed E-state index contributed by atoms with van der Waals surface area (Å²) < 4.78 is 23.7. The van der Waals surface area contributed by atoms with Gasteiger partial charge in [-0.25, -0.2) is 9.48 Å². The maximum Gasteiger partial charge on any atom is 0.346 e. The number of hydrogen-bond acceptors (Lipinski definition) is 7. The van der Waals surface area contributed by atoms with Gasteiger partial charge < -0.3 is 18.7 Å². The first-order valence-corrected chi connectivity index (χ1v) is 14.1. The van der Waals surface area contributed by atoms with E-state index in [0.717, 1.165) is 11.1 Å². The molecule has 1 aromatic carbocycles. The molecule has 0 spiro atoms. The van der Waals surface area contributed by atoms with Gasteiger partial charge in [-0.15, -0.1) is 0 Å². The van der Waals surface area contributed by atoms with Crippen LogP contribution in [0.4, 0.5) is 0 Å². The van der Waals surface area contributed by atoms with E-state index in [1.807, 2.05) is 13.0 Å². The van der Waals surface area contributed by atoms with Crippen molar-refractivity contribution < 1.29 is 23.5 Å². The lowest BCUT2D eigenvalue weighted by molar-refractivity contribution is -0.147. The summed E-state index contributed by atoms with van der Waals surface area (Å²) in [4.78, 5) is 11.7. The summed E-state index contributed by atoms with van der Waals surface area (Å²) in [6.07, 6.45) is -0.865. The van der Waals surface area contributed by atoms with E-state index in [1.165, 1.54) is 19.2 Å². The number of hydrogen-bond donors (Lipinski definition) is 0. The van der Waals surface area contributed by atoms with Crippen molar-refractivity contribution in [3.05, 3.63) is 33.9 Å². The summed E-state index contributed by atoms with van der Waals surface area (Å²) in [7, 11) is 1.35. The first-order valence-electron chi connectivity index (χ1n) is 9.85. The molecule has 172 valence electrons. The monoisotopic (exact) mass is 497 g/mol. The van der Waals surface area contributed by atoms with Crippen LogP contribution in [0.15, 0.2) is 22.7 Å². The second kappa shape index (κ2) is 9.17. The van der Waals surface area contributed by atoms with Crippen molar-refractivity contribution in [2.24, 2.45) is 7.05 Å². The van der Waals surface area contributed by atoms with Crippen LogP contribution in [0.25, 0.3) is 11.3 Å². The van der Waals surface area contributed by atoms with E-state index in [4.69, 9.17) is 41.9 Å². The van der Waals surface area contributed by atoms with Gasteiger partial charge >= 0.3 is 5.97 Å². The van der Waals surface area contributed by atoms with Crippen molar-refractivity contribution in [1.82, 2.24) is 14.9 Å². The molecule has 0 bridgehead atoms. The predicted molar refractivity (Wildman–Crippen MR) is 125 cm³/mol.